The standard InChI is InChI=1S/C33H49F3N4O7/c1-18(2)23(16-19(3)27(43)38-22(30(46)47)14-15-24(41)42)40(10)29(45)26(31(4,5)6)39-28(44)25(37-9)32(7,8)20-12-11-13-21(17-20)33(34,35)36/h11-13,16-18,22-23,25-26,37H,14-15H2,1-10H3,(H,38,43)(H,39,44)(H,41,42)(H,46,47)/b19-16+/t22-,23-,25-,26-/m1/s1. The summed E-state index contributed by atoms with van der Waals surface area (Å²) in [6.07, 6.45) is -3.85. The fourth-order valence-electron chi connectivity index (χ4n) is 5.19. The normalized spacial score (nSPS) is 15.3. The largest absolute Gasteiger partial charge is 0.481 e. The second-order valence-corrected chi connectivity index (χ2v) is 13.7. The lowest BCUT2D eigenvalue weighted by Gasteiger charge is -2.40. The molecule has 0 spiro atoms. The van der Waals surface area contributed by atoms with Crippen LogP contribution in [0.1, 0.15) is 79.4 Å². The number of halogens is 3. The third-order valence-electron chi connectivity index (χ3n) is 8.11. The van der Waals surface area contributed by atoms with Crippen LogP contribution in [-0.4, -0.2) is 83.0 Å². The minimum atomic E-state index is -4.57. The fraction of sp³-hybridized carbons (Fsp3) is 0.606. The summed E-state index contributed by atoms with van der Waals surface area (Å²) in [5.74, 6) is -4.69. The summed E-state index contributed by atoms with van der Waals surface area (Å²) in [4.78, 5) is 64.5. The van der Waals surface area contributed by atoms with Crippen molar-refractivity contribution in [3.05, 3.63) is 47.0 Å². The topological polar surface area (TPSA) is 165 Å². The van der Waals surface area contributed by atoms with Crippen LogP contribution < -0.4 is 16.0 Å². The van der Waals surface area contributed by atoms with E-state index < -0.39 is 82.8 Å². The first-order chi connectivity index (χ1) is 21.4. The second-order valence-electron chi connectivity index (χ2n) is 13.7. The number of carbonyl (C=O) groups is 5. The van der Waals surface area contributed by atoms with Gasteiger partial charge in [0.15, 0.2) is 0 Å². The van der Waals surface area contributed by atoms with Gasteiger partial charge in [-0.25, -0.2) is 4.79 Å². The number of hydrogen-bond acceptors (Lipinski definition) is 6. The first-order valence-electron chi connectivity index (χ1n) is 15.2. The highest BCUT2D eigenvalue weighted by Gasteiger charge is 2.42. The molecule has 0 aliphatic carbocycles. The number of nitrogens with one attached hydrogen (secondary N) is 3. The fourth-order valence-corrected chi connectivity index (χ4v) is 5.19. The van der Waals surface area contributed by atoms with Crippen LogP contribution in [0.4, 0.5) is 13.2 Å². The van der Waals surface area contributed by atoms with Crippen molar-refractivity contribution in [1.29, 1.82) is 0 Å². The van der Waals surface area contributed by atoms with Gasteiger partial charge in [0, 0.05) is 24.5 Å². The van der Waals surface area contributed by atoms with E-state index in [4.69, 9.17) is 5.11 Å². The van der Waals surface area contributed by atoms with E-state index in [0.29, 0.717) is 0 Å². The summed E-state index contributed by atoms with van der Waals surface area (Å²) in [7, 11) is 3.01. The molecule has 3 amide bonds. The Hall–Kier alpha value is -3.94. The lowest BCUT2D eigenvalue weighted by atomic mass is 9.76. The van der Waals surface area contributed by atoms with E-state index in [0.717, 1.165) is 12.1 Å². The van der Waals surface area contributed by atoms with Gasteiger partial charge in [-0.3, -0.25) is 19.2 Å². The Morgan fingerprint density at radius 1 is 0.936 bits per heavy atom. The SMILES string of the molecule is CN[C@H](C(=O)N[C@H](C(=O)N(C)[C@H](/C=C(\C)C(=O)N[C@H](CCC(=O)O)C(=O)O)C(C)C)C(C)(C)C)C(C)(C)c1cccc(C(F)(F)F)c1. The van der Waals surface area contributed by atoms with Gasteiger partial charge in [-0.15, -0.1) is 0 Å². The Morgan fingerprint density at radius 3 is 1.94 bits per heavy atom. The van der Waals surface area contributed by atoms with Crippen molar-refractivity contribution in [2.24, 2.45) is 11.3 Å². The molecule has 47 heavy (non-hydrogen) atoms. The first-order valence-corrected chi connectivity index (χ1v) is 15.2. The lowest BCUT2D eigenvalue weighted by Crippen LogP contribution is -2.61. The number of carboxylic acids is 2. The van der Waals surface area contributed by atoms with Crippen LogP contribution in [0, 0.1) is 11.3 Å². The first kappa shape index (κ1) is 41.1. The highest BCUT2D eigenvalue weighted by atomic mass is 19.4. The number of carboxylic acid groups (broad SMARTS) is 2. The zero-order chi connectivity index (χ0) is 36.7. The van der Waals surface area contributed by atoms with Crippen molar-refractivity contribution >= 4 is 29.7 Å². The molecule has 14 heteroatoms. The number of amides is 3. The maximum absolute atomic E-state index is 14.0. The Balaban J connectivity index is 3.36. The van der Waals surface area contributed by atoms with E-state index in [9.17, 15) is 42.3 Å². The highest BCUT2D eigenvalue weighted by Crippen LogP contribution is 2.34. The summed E-state index contributed by atoms with van der Waals surface area (Å²) in [5.41, 5.74) is -2.44. The Kier molecular flexibility index (Phi) is 14.2. The Labute approximate surface area is 274 Å². The van der Waals surface area contributed by atoms with E-state index in [1.54, 1.807) is 34.6 Å². The molecule has 0 bridgehead atoms. The number of alkyl halides is 3. The van der Waals surface area contributed by atoms with Crippen molar-refractivity contribution < 1.29 is 47.4 Å². The third kappa shape index (κ3) is 11.4. The zero-order valence-electron chi connectivity index (χ0n) is 28.7. The van der Waals surface area contributed by atoms with Gasteiger partial charge in [0.05, 0.1) is 17.6 Å². The number of hydrogen-bond donors (Lipinski definition) is 5. The second kappa shape index (κ2) is 16.2. The van der Waals surface area contributed by atoms with Crippen LogP contribution in [0.3, 0.4) is 0 Å². The molecular formula is C33H49F3N4O7. The number of likely N-dealkylation sites (N-methyl/N-ethyl adjacent to an activating group) is 2. The number of rotatable bonds is 15. The number of carbonyl (C=O) groups excluding carboxylic acids is 3. The van der Waals surface area contributed by atoms with Crippen molar-refractivity contribution in [3.8, 4) is 0 Å². The van der Waals surface area contributed by atoms with Crippen LogP contribution in [0.25, 0.3) is 0 Å². The minimum Gasteiger partial charge on any atom is -0.481 e. The molecule has 1 aromatic rings. The van der Waals surface area contributed by atoms with Gasteiger partial charge in [0.2, 0.25) is 17.7 Å². The number of aliphatic carboxylic acids is 2. The van der Waals surface area contributed by atoms with Crippen LogP contribution in [0.2, 0.25) is 0 Å². The maximum Gasteiger partial charge on any atom is 0.416 e. The predicted molar refractivity (Wildman–Crippen MR) is 170 cm³/mol. The molecule has 4 atom stereocenters. The smallest absolute Gasteiger partial charge is 0.416 e. The molecule has 0 saturated carbocycles. The molecule has 0 radical (unpaired) electrons. The van der Waals surface area contributed by atoms with E-state index in [1.165, 1.54) is 44.1 Å². The van der Waals surface area contributed by atoms with Crippen molar-refractivity contribution in [2.75, 3.05) is 14.1 Å². The van der Waals surface area contributed by atoms with E-state index in [-0.39, 0.29) is 23.5 Å². The molecule has 0 heterocycles. The monoisotopic (exact) mass is 670 g/mol. The van der Waals surface area contributed by atoms with Crippen molar-refractivity contribution in [3.63, 3.8) is 0 Å². The summed E-state index contributed by atoms with van der Waals surface area (Å²) >= 11 is 0. The van der Waals surface area contributed by atoms with Crippen LogP contribution in [0.5, 0.6) is 0 Å². The summed E-state index contributed by atoms with van der Waals surface area (Å²) in [6, 6.07) is 0.497. The minimum absolute atomic E-state index is 0.0966. The number of nitrogens with zero attached hydrogens (tertiary/aromatic N) is 1. The van der Waals surface area contributed by atoms with Crippen LogP contribution in [-0.2, 0) is 35.6 Å². The molecule has 264 valence electrons. The molecular weight excluding hydrogens is 621 g/mol. The van der Waals surface area contributed by atoms with Gasteiger partial charge >= 0.3 is 18.1 Å². The number of benzene rings is 1. The quantitative estimate of drug-likeness (QED) is 0.175. The summed E-state index contributed by atoms with van der Waals surface area (Å²) < 4.78 is 40.3. The maximum atomic E-state index is 14.0. The molecule has 0 unspecified atom stereocenters. The summed E-state index contributed by atoms with van der Waals surface area (Å²) in [6.45, 7) is 13.6. The van der Waals surface area contributed by atoms with Gasteiger partial charge in [0.1, 0.15) is 12.1 Å². The van der Waals surface area contributed by atoms with Gasteiger partial charge in [-0.05, 0) is 43.4 Å². The molecule has 5 N–H and O–H groups in total. The van der Waals surface area contributed by atoms with E-state index in [1.807, 2.05) is 13.8 Å². The predicted octanol–water partition coefficient (Wildman–Crippen LogP) is 3.97. The molecule has 0 aliphatic heterocycles. The van der Waals surface area contributed by atoms with Crippen molar-refractivity contribution in [2.45, 2.75) is 104 Å². The van der Waals surface area contributed by atoms with Crippen LogP contribution >= 0.6 is 0 Å². The average Bonchev–Trinajstić information content (AvgIpc) is 2.94. The Morgan fingerprint density at radius 2 is 1.49 bits per heavy atom. The van der Waals surface area contributed by atoms with Gasteiger partial charge in [0.25, 0.3) is 0 Å². The van der Waals surface area contributed by atoms with Crippen molar-refractivity contribution in [1.82, 2.24) is 20.9 Å². The van der Waals surface area contributed by atoms with Crippen LogP contribution in [0.15, 0.2) is 35.9 Å². The lowest BCUT2D eigenvalue weighted by molar-refractivity contribution is -0.142. The molecule has 1 rings (SSSR count). The molecule has 0 fully saturated rings. The van der Waals surface area contributed by atoms with Gasteiger partial charge in [-0.1, -0.05) is 72.7 Å². The molecule has 0 saturated heterocycles. The molecule has 0 aliphatic rings. The van der Waals surface area contributed by atoms with E-state index in [2.05, 4.69) is 16.0 Å². The molecule has 0 aromatic heterocycles. The highest BCUT2D eigenvalue weighted by molar-refractivity contribution is 5.96. The van der Waals surface area contributed by atoms with E-state index >= 15 is 0 Å². The average molecular weight is 671 g/mol. The van der Waals surface area contributed by atoms with Gasteiger partial charge < -0.3 is 31.1 Å². The Bertz CT molecular complexity index is 1340. The molecule has 1 aromatic carbocycles. The molecule has 11 nitrogen and oxygen atoms in total. The third-order valence-corrected chi connectivity index (χ3v) is 8.11. The van der Waals surface area contributed by atoms with Gasteiger partial charge in [-0.2, -0.15) is 13.2 Å². The summed E-state index contributed by atoms with van der Waals surface area (Å²) in [5, 5.41) is 26.3. The zero-order valence-corrected chi connectivity index (χ0v) is 28.7.